The summed E-state index contributed by atoms with van der Waals surface area (Å²) in [7, 11) is 0. The average molecular weight is 259 g/mol. The molecule has 4 nitrogen and oxygen atoms in total. The second-order valence-electron chi connectivity index (χ2n) is 4.55. The maximum absolute atomic E-state index is 12.3. The van der Waals surface area contributed by atoms with E-state index >= 15 is 0 Å². The second kappa shape index (κ2) is 8.28. The molecule has 0 aliphatic rings. The lowest BCUT2D eigenvalue weighted by molar-refractivity contribution is -0.134. The van der Waals surface area contributed by atoms with Crippen molar-refractivity contribution in [3.05, 3.63) is 35.9 Å². The van der Waals surface area contributed by atoms with Crippen LogP contribution in [0, 0.1) is 17.2 Å². The van der Waals surface area contributed by atoms with Crippen molar-refractivity contribution in [3.63, 3.8) is 0 Å². The van der Waals surface area contributed by atoms with Crippen molar-refractivity contribution < 1.29 is 4.79 Å². The highest BCUT2D eigenvalue weighted by atomic mass is 16.2. The molecule has 0 saturated heterocycles. The SMILES string of the molecule is CCNCC(C)C(=O)N(CC#N)Cc1ccccc1. The third kappa shape index (κ3) is 5.11. The molecule has 0 aliphatic carbocycles. The molecule has 1 atom stereocenters. The van der Waals surface area contributed by atoms with Crippen LogP contribution >= 0.6 is 0 Å². The van der Waals surface area contributed by atoms with Gasteiger partial charge < -0.3 is 10.2 Å². The summed E-state index contributed by atoms with van der Waals surface area (Å²) >= 11 is 0. The Kier molecular flexibility index (Phi) is 6.62. The standard InChI is InChI=1S/C15H21N3O/c1-3-17-11-13(2)15(19)18(10-9-16)12-14-7-5-4-6-8-14/h4-8,13,17H,3,10-12H2,1-2H3. The van der Waals surface area contributed by atoms with Gasteiger partial charge in [0.2, 0.25) is 5.91 Å². The molecule has 0 aliphatic heterocycles. The van der Waals surface area contributed by atoms with E-state index in [4.69, 9.17) is 5.26 Å². The van der Waals surface area contributed by atoms with Crippen LogP contribution in [-0.2, 0) is 11.3 Å². The lowest BCUT2D eigenvalue weighted by Crippen LogP contribution is -2.39. The van der Waals surface area contributed by atoms with E-state index in [-0.39, 0.29) is 18.4 Å². The molecule has 4 heteroatoms. The molecule has 102 valence electrons. The Morgan fingerprint density at radius 1 is 1.42 bits per heavy atom. The van der Waals surface area contributed by atoms with Crippen LogP contribution in [0.1, 0.15) is 19.4 Å². The Morgan fingerprint density at radius 2 is 2.11 bits per heavy atom. The molecule has 1 N–H and O–H groups in total. The molecule has 0 spiro atoms. The molecule has 1 aromatic carbocycles. The molecule has 1 amide bonds. The van der Waals surface area contributed by atoms with Crippen molar-refractivity contribution in [2.75, 3.05) is 19.6 Å². The zero-order valence-electron chi connectivity index (χ0n) is 11.6. The minimum atomic E-state index is -0.114. The quantitative estimate of drug-likeness (QED) is 0.759. The first-order chi connectivity index (χ1) is 9.19. The number of nitriles is 1. The highest BCUT2D eigenvalue weighted by molar-refractivity contribution is 5.79. The highest BCUT2D eigenvalue weighted by Crippen LogP contribution is 2.08. The normalized spacial score (nSPS) is 11.6. The van der Waals surface area contributed by atoms with Crippen molar-refractivity contribution in [2.45, 2.75) is 20.4 Å². The van der Waals surface area contributed by atoms with Crippen LogP contribution in [-0.4, -0.2) is 30.4 Å². The molecule has 1 aromatic rings. The van der Waals surface area contributed by atoms with Crippen LogP contribution in [0.2, 0.25) is 0 Å². The topological polar surface area (TPSA) is 56.1 Å². The van der Waals surface area contributed by atoms with E-state index in [0.717, 1.165) is 12.1 Å². The van der Waals surface area contributed by atoms with Gasteiger partial charge in [-0.05, 0) is 12.1 Å². The Balaban J connectivity index is 2.66. The summed E-state index contributed by atoms with van der Waals surface area (Å²) in [6, 6.07) is 11.8. The van der Waals surface area contributed by atoms with E-state index in [1.807, 2.05) is 44.2 Å². The van der Waals surface area contributed by atoms with E-state index < -0.39 is 0 Å². The van der Waals surface area contributed by atoms with Crippen LogP contribution in [0.5, 0.6) is 0 Å². The number of amides is 1. The molecular weight excluding hydrogens is 238 g/mol. The average Bonchev–Trinajstić information content (AvgIpc) is 2.44. The van der Waals surface area contributed by atoms with Crippen LogP contribution in [0.3, 0.4) is 0 Å². The predicted molar refractivity (Wildman–Crippen MR) is 75.2 cm³/mol. The van der Waals surface area contributed by atoms with E-state index in [1.165, 1.54) is 0 Å². The van der Waals surface area contributed by atoms with Gasteiger partial charge in [-0.2, -0.15) is 5.26 Å². The predicted octanol–water partition coefficient (Wildman–Crippen LogP) is 1.78. The lowest BCUT2D eigenvalue weighted by atomic mass is 10.1. The molecule has 1 unspecified atom stereocenters. The molecule has 0 aromatic heterocycles. The van der Waals surface area contributed by atoms with Crippen molar-refractivity contribution in [1.29, 1.82) is 5.26 Å². The first kappa shape index (κ1) is 15.2. The first-order valence-corrected chi connectivity index (χ1v) is 6.59. The van der Waals surface area contributed by atoms with Gasteiger partial charge in [0.05, 0.1) is 6.07 Å². The van der Waals surface area contributed by atoms with Gasteiger partial charge in [0.1, 0.15) is 6.54 Å². The summed E-state index contributed by atoms with van der Waals surface area (Å²) in [6.45, 7) is 6.00. The summed E-state index contributed by atoms with van der Waals surface area (Å²) < 4.78 is 0. The van der Waals surface area contributed by atoms with E-state index in [0.29, 0.717) is 13.1 Å². The van der Waals surface area contributed by atoms with Crippen molar-refractivity contribution in [1.82, 2.24) is 10.2 Å². The molecule has 0 bridgehead atoms. The minimum absolute atomic E-state index is 0.0198. The Hall–Kier alpha value is -1.86. The fourth-order valence-corrected chi connectivity index (χ4v) is 1.86. The van der Waals surface area contributed by atoms with Gasteiger partial charge in [0.25, 0.3) is 0 Å². The first-order valence-electron chi connectivity index (χ1n) is 6.59. The van der Waals surface area contributed by atoms with E-state index in [1.54, 1.807) is 4.90 Å². The largest absolute Gasteiger partial charge is 0.325 e. The number of hydrogen-bond acceptors (Lipinski definition) is 3. The summed E-state index contributed by atoms with van der Waals surface area (Å²) in [6.07, 6.45) is 0. The van der Waals surface area contributed by atoms with Crippen LogP contribution in [0.15, 0.2) is 30.3 Å². The molecule has 0 fully saturated rings. The van der Waals surface area contributed by atoms with Gasteiger partial charge in [-0.25, -0.2) is 0 Å². The van der Waals surface area contributed by atoms with Gasteiger partial charge in [-0.15, -0.1) is 0 Å². The molecule has 19 heavy (non-hydrogen) atoms. The van der Waals surface area contributed by atoms with Gasteiger partial charge in [-0.1, -0.05) is 44.2 Å². The monoisotopic (exact) mass is 259 g/mol. The molecule has 0 heterocycles. The summed E-state index contributed by atoms with van der Waals surface area (Å²) in [5.74, 6) is -0.0941. The van der Waals surface area contributed by atoms with E-state index in [2.05, 4.69) is 11.4 Å². The fourth-order valence-electron chi connectivity index (χ4n) is 1.86. The number of nitrogens with zero attached hydrogens (tertiary/aromatic N) is 2. The Morgan fingerprint density at radius 3 is 2.68 bits per heavy atom. The third-order valence-corrected chi connectivity index (χ3v) is 2.91. The maximum atomic E-state index is 12.3. The van der Waals surface area contributed by atoms with Crippen LogP contribution in [0.4, 0.5) is 0 Å². The van der Waals surface area contributed by atoms with E-state index in [9.17, 15) is 4.79 Å². The third-order valence-electron chi connectivity index (χ3n) is 2.91. The summed E-state index contributed by atoms with van der Waals surface area (Å²) in [4.78, 5) is 13.9. The lowest BCUT2D eigenvalue weighted by Gasteiger charge is -2.23. The fraction of sp³-hybridized carbons (Fsp3) is 0.467. The minimum Gasteiger partial charge on any atom is -0.325 e. The number of rotatable bonds is 7. The van der Waals surface area contributed by atoms with Crippen LogP contribution in [0.25, 0.3) is 0 Å². The molecular formula is C15H21N3O. The van der Waals surface area contributed by atoms with Crippen molar-refractivity contribution in [2.24, 2.45) is 5.92 Å². The second-order valence-corrected chi connectivity index (χ2v) is 4.55. The van der Waals surface area contributed by atoms with Crippen LogP contribution < -0.4 is 5.32 Å². The van der Waals surface area contributed by atoms with Gasteiger partial charge >= 0.3 is 0 Å². The molecule has 0 saturated carbocycles. The summed E-state index contributed by atoms with van der Waals surface area (Å²) in [5.41, 5.74) is 1.04. The number of nitrogens with one attached hydrogen (secondary N) is 1. The van der Waals surface area contributed by atoms with Crippen molar-refractivity contribution >= 4 is 5.91 Å². The molecule has 1 rings (SSSR count). The zero-order valence-corrected chi connectivity index (χ0v) is 11.6. The molecule has 0 radical (unpaired) electrons. The van der Waals surface area contributed by atoms with Gasteiger partial charge in [-0.3, -0.25) is 4.79 Å². The summed E-state index contributed by atoms with van der Waals surface area (Å²) in [5, 5.41) is 12.0. The maximum Gasteiger partial charge on any atom is 0.227 e. The highest BCUT2D eigenvalue weighted by Gasteiger charge is 2.19. The van der Waals surface area contributed by atoms with Crippen molar-refractivity contribution in [3.8, 4) is 6.07 Å². The van der Waals surface area contributed by atoms with Gasteiger partial charge in [0, 0.05) is 19.0 Å². The number of carbonyl (C=O) groups is 1. The number of benzene rings is 1. The Bertz CT molecular complexity index is 425. The Labute approximate surface area is 115 Å². The number of carbonyl (C=O) groups excluding carboxylic acids is 1. The smallest absolute Gasteiger partial charge is 0.227 e. The number of hydrogen-bond donors (Lipinski definition) is 1. The van der Waals surface area contributed by atoms with Gasteiger partial charge in [0.15, 0.2) is 0 Å². The zero-order chi connectivity index (χ0) is 14.1.